The van der Waals surface area contributed by atoms with Crippen LogP contribution in [0, 0.1) is 0 Å². The van der Waals surface area contributed by atoms with Crippen LogP contribution in [0.15, 0.2) is 64.1 Å². The summed E-state index contributed by atoms with van der Waals surface area (Å²) in [5.41, 5.74) is 1.45. The average molecular weight is 349 g/mol. The number of carbonyl (C=O) groups is 1. The smallest absolute Gasteiger partial charge is 0.297 e. The molecule has 0 aliphatic heterocycles. The van der Waals surface area contributed by atoms with Gasteiger partial charge < -0.3 is 14.5 Å². The van der Waals surface area contributed by atoms with Crippen LogP contribution in [-0.2, 0) is 11.3 Å². The molecule has 0 fully saturated rings. The fourth-order valence-electron chi connectivity index (χ4n) is 2.76. The molecule has 4 rings (SSSR count). The number of anilines is 1. The predicted molar refractivity (Wildman–Crippen MR) is 97.4 cm³/mol. The van der Waals surface area contributed by atoms with Gasteiger partial charge in [-0.3, -0.25) is 14.2 Å². The zero-order valence-electron chi connectivity index (χ0n) is 13.9. The van der Waals surface area contributed by atoms with E-state index in [4.69, 9.17) is 9.15 Å². The SMILES string of the molecule is COc1ccc(NC(=O)Cn2cnc3c(oc4ccccc43)c2=O)cc1. The largest absolute Gasteiger partial charge is 0.497 e. The normalized spacial score (nSPS) is 11.0. The van der Waals surface area contributed by atoms with Gasteiger partial charge in [-0.15, -0.1) is 0 Å². The number of para-hydroxylation sites is 1. The summed E-state index contributed by atoms with van der Waals surface area (Å²) in [6.07, 6.45) is 1.36. The number of nitrogens with zero attached hydrogens (tertiary/aromatic N) is 2. The zero-order valence-corrected chi connectivity index (χ0v) is 13.9. The van der Waals surface area contributed by atoms with E-state index in [9.17, 15) is 9.59 Å². The first-order chi connectivity index (χ1) is 12.7. The lowest BCUT2D eigenvalue weighted by molar-refractivity contribution is -0.116. The minimum Gasteiger partial charge on any atom is -0.497 e. The number of furan rings is 1. The standard InChI is InChI=1S/C19H15N3O4/c1-25-13-8-6-12(7-9-13)21-16(23)10-22-11-20-17-14-4-2-3-5-15(14)26-18(17)19(22)24/h2-9,11H,10H2,1H3,(H,21,23). The third kappa shape index (κ3) is 2.79. The molecule has 2 aromatic heterocycles. The van der Waals surface area contributed by atoms with E-state index < -0.39 is 5.56 Å². The van der Waals surface area contributed by atoms with Crippen LogP contribution in [0.1, 0.15) is 0 Å². The molecule has 26 heavy (non-hydrogen) atoms. The Morgan fingerprint density at radius 3 is 2.73 bits per heavy atom. The van der Waals surface area contributed by atoms with Crippen LogP contribution in [0.4, 0.5) is 5.69 Å². The number of ether oxygens (including phenoxy) is 1. The van der Waals surface area contributed by atoms with E-state index in [0.29, 0.717) is 22.5 Å². The van der Waals surface area contributed by atoms with Gasteiger partial charge in [0.25, 0.3) is 5.56 Å². The Hall–Kier alpha value is -3.61. The van der Waals surface area contributed by atoms with Crippen LogP contribution in [0.5, 0.6) is 5.75 Å². The van der Waals surface area contributed by atoms with Crippen LogP contribution in [0.3, 0.4) is 0 Å². The second-order valence-corrected chi connectivity index (χ2v) is 5.73. The van der Waals surface area contributed by atoms with Crippen molar-refractivity contribution in [3.8, 4) is 5.75 Å². The number of amides is 1. The molecular weight excluding hydrogens is 334 g/mol. The Labute approximate surface area is 147 Å². The molecule has 0 unspecified atom stereocenters. The highest BCUT2D eigenvalue weighted by Crippen LogP contribution is 2.24. The Morgan fingerprint density at radius 2 is 1.96 bits per heavy atom. The molecule has 0 spiro atoms. The molecule has 4 aromatic rings. The Morgan fingerprint density at radius 1 is 1.19 bits per heavy atom. The van der Waals surface area contributed by atoms with Crippen molar-refractivity contribution >= 4 is 33.7 Å². The maximum atomic E-state index is 12.6. The van der Waals surface area contributed by atoms with E-state index in [1.165, 1.54) is 10.9 Å². The topological polar surface area (TPSA) is 86.4 Å². The second-order valence-electron chi connectivity index (χ2n) is 5.73. The molecule has 7 nitrogen and oxygen atoms in total. The molecule has 1 N–H and O–H groups in total. The molecule has 2 heterocycles. The number of benzene rings is 2. The van der Waals surface area contributed by atoms with Crippen LogP contribution in [-0.4, -0.2) is 22.6 Å². The molecular formula is C19H15N3O4. The summed E-state index contributed by atoms with van der Waals surface area (Å²) < 4.78 is 11.9. The van der Waals surface area contributed by atoms with Gasteiger partial charge in [0.1, 0.15) is 23.4 Å². The molecule has 0 bridgehead atoms. The molecule has 7 heteroatoms. The zero-order chi connectivity index (χ0) is 18.1. The van der Waals surface area contributed by atoms with E-state index in [1.807, 2.05) is 18.2 Å². The highest BCUT2D eigenvalue weighted by atomic mass is 16.5. The fraction of sp³-hybridized carbons (Fsp3) is 0.105. The third-order valence-corrected chi connectivity index (χ3v) is 4.04. The lowest BCUT2D eigenvalue weighted by Gasteiger charge is -2.07. The summed E-state index contributed by atoms with van der Waals surface area (Å²) in [4.78, 5) is 29.1. The van der Waals surface area contributed by atoms with E-state index in [1.54, 1.807) is 37.4 Å². The van der Waals surface area contributed by atoms with Crippen molar-refractivity contribution in [2.75, 3.05) is 12.4 Å². The predicted octanol–water partition coefficient (Wildman–Crippen LogP) is 2.79. The van der Waals surface area contributed by atoms with Crippen LogP contribution in [0.25, 0.3) is 22.1 Å². The van der Waals surface area contributed by atoms with Crippen molar-refractivity contribution < 1.29 is 13.9 Å². The summed E-state index contributed by atoms with van der Waals surface area (Å²) in [5, 5.41) is 3.50. The lowest BCUT2D eigenvalue weighted by atomic mass is 10.2. The number of carbonyl (C=O) groups excluding carboxylic acids is 1. The van der Waals surface area contributed by atoms with E-state index in [-0.39, 0.29) is 18.0 Å². The van der Waals surface area contributed by atoms with E-state index in [2.05, 4.69) is 10.3 Å². The molecule has 1 amide bonds. The van der Waals surface area contributed by atoms with Gasteiger partial charge in [0.15, 0.2) is 0 Å². The lowest BCUT2D eigenvalue weighted by Crippen LogP contribution is -2.27. The van der Waals surface area contributed by atoms with Gasteiger partial charge in [-0.1, -0.05) is 12.1 Å². The van der Waals surface area contributed by atoms with Gasteiger partial charge in [-0.25, -0.2) is 4.98 Å². The molecule has 0 aliphatic carbocycles. The highest BCUT2D eigenvalue weighted by molar-refractivity contribution is 6.01. The molecule has 0 saturated heterocycles. The van der Waals surface area contributed by atoms with Crippen molar-refractivity contribution in [1.82, 2.24) is 9.55 Å². The summed E-state index contributed by atoms with van der Waals surface area (Å²) >= 11 is 0. The quantitative estimate of drug-likeness (QED) is 0.612. The summed E-state index contributed by atoms with van der Waals surface area (Å²) in [6.45, 7) is -0.162. The van der Waals surface area contributed by atoms with Gasteiger partial charge >= 0.3 is 0 Å². The van der Waals surface area contributed by atoms with E-state index >= 15 is 0 Å². The van der Waals surface area contributed by atoms with Crippen molar-refractivity contribution in [3.63, 3.8) is 0 Å². The maximum absolute atomic E-state index is 12.6. The van der Waals surface area contributed by atoms with Crippen molar-refractivity contribution in [3.05, 3.63) is 65.2 Å². The van der Waals surface area contributed by atoms with Gasteiger partial charge in [-0.05, 0) is 36.4 Å². The first-order valence-corrected chi connectivity index (χ1v) is 7.96. The number of methoxy groups -OCH3 is 1. The average Bonchev–Trinajstić information content (AvgIpc) is 3.04. The van der Waals surface area contributed by atoms with Gasteiger partial charge in [0.2, 0.25) is 11.5 Å². The molecule has 2 aromatic carbocycles. The number of hydrogen-bond donors (Lipinski definition) is 1. The van der Waals surface area contributed by atoms with Gasteiger partial charge in [0.05, 0.1) is 13.4 Å². The fourth-order valence-corrected chi connectivity index (χ4v) is 2.76. The molecule has 0 aliphatic rings. The number of hydrogen-bond acceptors (Lipinski definition) is 5. The monoisotopic (exact) mass is 349 g/mol. The molecule has 130 valence electrons. The second kappa shape index (κ2) is 6.36. The molecule has 0 saturated carbocycles. The maximum Gasteiger partial charge on any atom is 0.297 e. The number of aromatic nitrogens is 2. The third-order valence-electron chi connectivity index (χ3n) is 4.04. The summed E-state index contributed by atoms with van der Waals surface area (Å²) in [5.74, 6) is 0.355. The van der Waals surface area contributed by atoms with Crippen LogP contribution in [0.2, 0.25) is 0 Å². The number of rotatable bonds is 4. The van der Waals surface area contributed by atoms with Crippen molar-refractivity contribution in [2.45, 2.75) is 6.54 Å². The minimum absolute atomic E-state index is 0.144. The van der Waals surface area contributed by atoms with Crippen molar-refractivity contribution in [1.29, 1.82) is 0 Å². The van der Waals surface area contributed by atoms with Gasteiger partial charge in [-0.2, -0.15) is 0 Å². The first-order valence-electron chi connectivity index (χ1n) is 7.96. The Kier molecular flexibility index (Phi) is 3.89. The minimum atomic E-state index is -0.393. The Balaban J connectivity index is 1.60. The Bertz CT molecular complexity index is 1160. The van der Waals surface area contributed by atoms with Gasteiger partial charge in [0, 0.05) is 11.1 Å². The van der Waals surface area contributed by atoms with Crippen LogP contribution >= 0.6 is 0 Å². The summed E-state index contributed by atoms with van der Waals surface area (Å²) in [7, 11) is 1.57. The summed E-state index contributed by atoms with van der Waals surface area (Å²) in [6, 6.07) is 14.2. The number of fused-ring (bicyclic) bond motifs is 3. The first kappa shape index (κ1) is 15.9. The van der Waals surface area contributed by atoms with E-state index in [0.717, 1.165) is 5.39 Å². The van der Waals surface area contributed by atoms with Crippen molar-refractivity contribution in [2.24, 2.45) is 0 Å². The number of nitrogens with one attached hydrogen (secondary N) is 1. The highest BCUT2D eigenvalue weighted by Gasteiger charge is 2.14. The molecule has 0 radical (unpaired) electrons. The van der Waals surface area contributed by atoms with Crippen LogP contribution < -0.4 is 15.6 Å². The molecule has 0 atom stereocenters.